The first-order chi connectivity index (χ1) is 13.9. The van der Waals surface area contributed by atoms with E-state index in [0.29, 0.717) is 23.5 Å². The van der Waals surface area contributed by atoms with E-state index in [9.17, 15) is 14.3 Å². The van der Waals surface area contributed by atoms with Crippen LogP contribution in [0, 0.1) is 11.2 Å². The van der Waals surface area contributed by atoms with E-state index in [1.807, 2.05) is 24.3 Å². The molecule has 0 aliphatic heterocycles. The summed E-state index contributed by atoms with van der Waals surface area (Å²) in [5.74, 6) is -0.552. The fraction of sp³-hybridized carbons (Fsp3) is 0.391. The molecule has 0 N–H and O–H groups in total. The molecule has 4 nitrogen and oxygen atoms in total. The molecule has 0 atom stereocenters. The number of carboxylic acids is 1. The van der Waals surface area contributed by atoms with Gasteiger partial charge in [-0.2, -0.15) is 0 Å². The third kappa shape index (κ3) is 4.45. The predicted octanol–water partition coefficient (Wildman–Crippen LogP) is 4.51. The molecular formula is C23H23ClFN2O2-. The largest absolute Gasteiger partial charge is 0.550 e. The zero-order valence-corrected chi connectivity index (χ0v) is 16.9. The van der Waals surface area contributed by atoms with Crippen molar-refractivity contribution in [2.24, 2.45) is 5.41 Å². The summed E-state index contributed by atoms with van der Waals surface area (Å²) in [6, 6.07) is 12.2. The first kappa shape index (κ1) is 19.9. The van der Waals surface area contributed by atoms with Gasteiger partial charge in [-0.3, -0.25) is 0 Å². The molecule has 1 aliphatic rings. The van der Waals surface area contributed by atoms with Gasteiger partial charge in [-0.15, -0.1) is 0 Å². The molecule has 1 heterocycles. The Hall–Kier alpha value is -2.40. The molecule has 0 spiro atoms. The second kappa shape index (κ2) is 8.15. The molecule has 0 saturated heterocycles. The molecule has 29 heavy (non-hydrogen) atoms. The summed E-state index contributed by atoms with van der Waals surface area (Å²) in [4.78, 5) is 16.2. The molecule has 0 bridgehead atoms. The van der Waals surface area contributed by atoms with E-state index < -0.39 is 5.97 Å². The van der Waals surface area contributed by atoms with Gasteiger partial charge in [-0.25, -0.2) is 9.37 Å². The highest BCUT2D eigenvalue weighted by atomic mass is 35.5. The zero-order chi connectivity index (χ0) is 20.4. The first-order valence-electron chi connectivity index (χ1n) is 10.0. The number of aromatic nitrogens is 2. The van der Waals surface area contributed by atoms with Crippen LogP contribution in [0.5, 0.6) is 0 Å². The average molecular weight is 414 g/mol. The van der Waals surface area contributed by atoms with Crippen LogP contribution in [0.15, 0.2) is 42.5 Å². The molecule has 1 aromatic heterocycles. The quantitative estimate of drug-likeness (QED) is 0.597. The average Bonchev–Trinajstić information content (AvgIpc) is 2.99. The van der Waals surface area contributed by atoms with Gasteiger partial charge >= 0.3 is 0 Å². The third-order valence-corrected chi connectivity index (χ3v) is 6.26. The Kier molecular flexibility index (Phi) is 5.59. The lowest BCUT2D eigenvalue weighted by atomic mass is 9.69. The lowest BCUT2D eigenvalue weighted by molar-refractivity contribution is -0.308. The standard InChI is InChI=1S/C23H24ClFN2O2/c24-17-6-4-16(5-7-17)15-27-20-9-8-18(25)12-19(20)26-21(27)13-23(14-22(28)29)10-2-1-3-11-23/h4-9,12H,1-3,10-11,13-15H2,(H,28,29)/p-1. The van der Waals surface area contributed by atoms with Gasteiger partial charge in [0.05, 0.1) is 11.0 Å². The van der Waals surface area contributed by atoms with Crippen LogP contribution in [0.1, 0.15) is 49.9 Å². The number of halogens is 2. The summed E-state index contributed by atoms with van der Waals surface area (Å²) in [5.41, 5.74) is 2.13. The van der Waals surface area contributed by atoms with Gasteiger partial charge in [0.1, 0.15) is 11.6 Å². The van der Waals surface area contributed by atoms with Gasteiger partial charge in [0, 0.05) is 30.0 Å². The summed E-state index contributed by atoms with van der Waals surface area (Å²) in [7, 11) is 0. The second-order valence-corrected chi connectivity index (χ2v) is 8.60. The minimum Gasteiger partial charge on any atom is -0.550 e. The number of carboxylic acid groups (broad SMARTS) is 1. The molecule has 3 aromatic rings. The van der Waals surface area contributed by atoms with E-state index in [1.165, 1.54) is 12.1 Å². The molecule has 0 unspecified atom stereocenters. The minimum absolute atomic E-state index is 0.0332. The highest BCUT2D eigenvalue weighted by molar-refractivity contribution is 6.30. The second-order valence-electron chi connectivity index (χ2n) is 8.16. The Balaban J connectivity index is 1.75. The van der Waals surface area contributed by atoms with Crippen LogP contribution in [0.4, 0.5) is 4.39 Å². The topological polar surface area (TPSA) is 57.9 Å². The fourth-order valence-corrected chi connectivity index (χ4v) is 4.72. The van der Waals surface area contributed by atoms with Crippen LogP contribution in [0.25, 0.3) is 11.0 Å². The number of nitrogens with zero attached hydrogens (tertiary/aromatic N) is 2. The van der Waals surface area contributed by atoms with Crippen LogP contribution in [-0.2, 0) is 17.8 Å². The normalized spacial score (nSPS) is 16.2. The van der Waals surface area contributed by atoms with Crippen molar-refractivity contribution < 1.29 is 14.3 Å². The number of hydrogen-bond acceptors (Lipinski definition) is 3. The van der Waals surface area contributed by atoms with E-state index in [2.05, 4.69) is 4.57 Å². The number of rotatable bonds is 6. The maximum atomic E-state index is 13.8. The van der Waals surface area contributed by atoms with E-state index in [0.717, 1.165) is 49.0 Å². The smallest absolute Gasteiger partial charge is 0.125 e. The number of benzene rings is 2. The van der Waals surface area contributed by atoms with Crippen LogP contribution in [-0.4, -0.2) is 15.5 Å². The Morgan fingerprint density at radius 1 is 1.14 bits per heavy atom. The maximum Gasteiger partial charge on any atom is 0.125 e. The van der Waals surface area contributed by atoms with Gasteiger partial charge in [0.25, 0.3) is 0 Å². The van der Waals surface area contributed by atoms with Gasteiger partial charge in [0.2, 0.25) is 0 Å². The Bertz CT molecular complexity index is 1020. The van der Waals surface area contributed by atoms with Gasteiger partial charge in [0.15, 0.2) is 0 Å². The monoisotopic (exact) mass is 413 g/mol. The molecule has 1 aliphatic carbocycles. The number of fused-ring (bicyclic) bond motifs is 1. The summed E-state index contributed by atoms with van der Waals surface area (Å²) in [6.45, 7) is 0.566. The lowest BCUT2D eigenvalue weighted by Crippen LogP contribution is -2.36. The van der Waals surface area contributed by atoms with Crippen molar-refractivity contribution in [2.75, 3.05) is 0 Å². The van der Waals surface area contributed by atoms with Crippen molar-refractivity contribution in [2.45, 2.75) is 51.5 Å². The van der Waals surface area contributed by atoms with Crippen LogP contribution in [0.2, 0.25) is 5.02 Å². The Morgan fingerprint density at radius 3 is 2.55 bits per heavy atom. The van der Waals surface area contributed by atoms with Crippen molar-refractivity contribution in [3.05, 3.63) is 64.7 Å². The van der Waals surface area contributed by atoms with Crippen molar-refractivity contribution in [1.82, 2.24) is 9.55 Å². The van der Waals surface area contributed by atoms with Crippen LogP contribution < -0.4 is 5.11 Å². The summed E-state index contributed by atoms with van der Waals surface area (Å²) < 4.78 is 15.9. The predicted molar refractivity (Wildman–Crippen MR) is 109 cm³/mol. The lowest BCUT2D eigenvalue weighted by Gasteiger charge is -2.37. The number of aliphatic carboxylic acids is 1. The molecule has 152 valence electrons. The first-order valence-corrected chi connectivity index (χ1v) is 10.4. The van der Waals surface area contributed by atoms with E-state index >= 15 is 0 Å². The summed E-state index contributed by atoms with van der Waals surface area (Å²) in [5, 5.41) is 12.2. The highest BCUT2D eigenvalue weighted by Gasteiger charge is 2.34. The fourth-order valence-electron chi connectivity index (χ4n) is 4.60. The molecule has 0 amide bonds. The van der Waals surface area contributed by atoms with Gasteiger partial charge < -0.3 is 14.5 Å². The number of carbonyl (C=O) groups is 1. The molecule has 0 radical (unpaired) electrons. The van der Waals surface area contributed by atoms with E-state index in [1.54, 1.807) is 6.07 Å². The van der Waals surface area contributed by atoms with E-state index in [-0.39, 0.29) is 17.7 Å². The third-order valence-electron chi connectivity index (χ3n) is 6.01. The maximum absolute atomic E-state index is 13.8. The Labute approximate surface area is 174 Å². The zero-order valence-electron chi connectivity index (χ0n) is 16.2. The number of hydrogen-bond donors (Lipinski definition) is 0. The van der Waals surface area contributed by atoms with Gasteiger partial charge in [-0.05, 0) is 54.5 Å². The van der Waals surface area contributed by atoms with Crippen molar-refractivity contribution >= 4 is 28.6 Å². The van der Waals surface area contributed by atoms with Crippen LogP contribution >= 0.6 is 11.6 Å². The van der Waals surface area contributed by atoms with Crippen LogP contribution in [0.3, 0.4) is 0 Å². The van der Waals surface area contributed by atoms with Crippen molar-refractivity contribution in [3.63, 3.8) is 0 Å². The van der Waals surface area contributed by atoms with Gasteiger partial charge in [-0.1, -0.05) is 43.0 Å². The van der Waals surface area contributed by atoms with E-state index in [4.69, 9.17) is 16.6 Å². The molecular weight excluding hydrogens is 391 g/mol. The molecule has 4 rings (SSSR count). The highest BCUT2D eigenvalue weighted by Crippen LogP contribution is 2.42. The van der Waals surface area contributed by atoms with Crippen molar-refractivity contribution in [3.8, 4) is 0 Å². The minimum atomic E-state index is -1.02. The summed E-state index contributed by atoms with van der Waals surface area (Å²) in [6.07, 6.45) is 5.43. The Morgan fingerprint density at radius 2 is 1.86 bits per heavy atom. The number of carbonyl (C=O) groups excluding carboxylic acids is 1. The molecule has 2 aromatic carbocycles. The molecule has 1 fully saturated rings. The molecule has 6 heteroatoms. The molecule has 1 saturated carbocycles. The SMILES string of the molecule is O=C([O-])CC1(Cc2nc3cc(F)ccc3n2Cc2ccc(Cl)cc2)CCCCC1. The van der Waals surface area contributed by atoms with Crippen molar-refractivity contribution in [1.29, 1.82) is 0 Å². The summed E-state index contributed by atoms with van der Waals surface area (Å²) >= 11 is 6.01. The number of imidazole rings is 1.